The largest absolute Gasteiger partial charge is 0.472 e. The van der Waals surface area contributed by atoms with E-state index in [0.717, 1.165) is 77.0 Å². The van der Waals surface area contributed by atoms with E-state index in [4.69, 9.17) is 13.8 Å². The zero-order valence-electron chi connectivity index (χ0n) is 51.5. The summed E-state index contributed by atoms with van der Waals surface area (Å²) in [7, 11) is 1.49. The molecule has 0 aromatic carbocycles. The number of carbonyl (C=O) groups excluding carboxylic acids is 2. The van der Waals surface area contributed by atoms with Gasteiger partial charge in [-0.2, -0.15) is 0 Å². The first-order valence-electron chi connectivity index (χ1n) is 32.6. The fraction of sp³-hybridized carbons (Fsp3) is 0.821. The van der Waals surface area contributed by atoms with Crippen LogP contribution in [0.1, 0.15) is 303 Å². The molecule has 3 unspecified atom stereocenters. The minimum Gasteiger partial charge on any atom is -0.456 e. The molecule has 0 fully saturated rings. The zero-order chi connectivity index (χ0) is 56.4. The summed E-state index contributed by atoms with van der Waals surface area (Å²) in [4.78, 5) is 37.8. The molecule has 1 amide bonds. The number of quaternary nitrogens is 1. The summed E-state index contributed by atoms with van der Waals surface area (Å²) in [6.45, 7) is 6.90. The van der Waals surface area contributed by atoms with Crippen LogP contribution >= 0.6 is 7.82 Å². The Morgan fingerprint density at radius 3 is 1.27 bits per heavy atom. The molecule has 0 aliphatic heterocycles. The van der Waals surface area contributed by atoms with Crippen LogP contribution in [0.15, 0.2) is 60.8 Å². The van der Waals surface area contributed by atoms with Gasteiger partial charge in [-0.3, -0.25) is 18.6 Å². The maximum Gasteiger partial charge on any atom is 0.472 e. The summed E-state index contributed by atoms with van der Waals surface area (Å²) in [6, 6.07) is -0.855. The summed E-state index contributed by atoms with van der Waals surface area (Å²) in [5.41, 5.74) is 0. The zero-order valence-corrected chi connectivity index (χ0v) is 52.3. The lowest BCUT2D eigenvalue weighted by atomic mass is 10.0. The van der Waals surface area contributed by atoms with Crippen molar-refractivity contribution in [1.82, 2.24) is 5.32 Å². The number of allylic oxidation sites excluding steroid dienone is 9. The van der Waals surface area contributed by atoms with Gasteiger partial charge in [-0.15, -0.1) is 0 Å². The molecule has 0 saturated heterocycles. The minimum absolute atomic E-state index is 0.0371. The second kappa shape index (κ2) is 57.0. The third-order valence-corrected chi connectivity index (χ3v) is 15.5. The molecule has 3 atom stereocenters. The molecule has 0 aromatic rings. The molecule has 10 heteroatoms. The Labute approximate surface area is 477 Å². The number of ether oxygens (including phenoxy) is 1. The van der Waals surface area contributed by atoms with E-state index in [1.165, 1.54) is 193 Å². The van der Waals surface area contributed by atoms with Crippen LogP contribution < -0.4 is 5.32 Å². The van der Waals surface area contributed by atoms with Crippen molar-refractivity contribution in [3.8, 4) is 0 Å². The number of phosphoric acid groups is 1. The highest BCUT2D eigenvalue weighted by Gasteiger charge is 2.30. The van der Waals surface area contributed by atoms with Gasteiger partial charge in [0.05, 0.1) is 33.8 Å². The van der Waals surface area contributed by atoms with Gasteiger partial charge < -0.3 is 19.4 Å². The van der Waals surface area contributed by atoms with Crippen LogP contribution in [0, 0.1) is 0 Å². The Morgan fingerprint density at radius 1 is 0.468 bits per heavy atom. The van der Waals surface area contributed by atoms with Crippen LogP contribution in [-0.4, -0.2) is 74.3 Å². The Bertz CT molecular complexity index is 1500. The van der Waals surface area contributed by atoms with Crippen molar-refractivity contribution in [2.75, 3.05) is 40.9 Å². The van der Waals surface area contributed by atoms with E-state index in [1.807, 2.05) is 33.3 Å². The molecule has 0 saturated carbocycles. The minimum atomic E-state index is -4.45. The van der Waals surface area contributed by atoms with Gasteiger partial charge in [0, 0.05) is 12.8 Å². The Hall–Kier alpha value is -2.29. The number of likely N-dealkylation sites (N-methyl/N-ethyl adjacent to an activating group) is 1. The van der Waals surface area contributed by atoms with Gasteiger partial charge in [0.25, 0.3) is 0 Å². The van der Waals surface area contributed by atoms with Crippen molar-refractivity contribution in [3.05, 3.63) is 60.8 Å². The van der Waals surface area contributed by atoms with Gasteiger partial charge in [-0.25, -0.2) is 4.57 Å². The molecule has 0 aliphatic rings. The summed E-state index contributed by atoms with van der Waals surface area (Å²) in [5.74, 6) is -0.511. The molecule has 77 heavy (non-hydrogen) atoms. The number of rotatable bonds is 59. The average Bonchev–Trinajstić information content (AvgIpc) is 3.39. The molecule has 0 aliphatic carbocycles. The van der Waals surface area contributed by atoms with E-state index < -0.39 is 20.0 Å². The summed E-state index contributed by atoms with van der Waals surface area (Å²) < 4.78 is 30.7. The lowest BCUT2D eigenvalue weighted by Gasteiger charge is -2.27. The molecular weight excluding hydrogens is 976 g/mol. The summed E-state index contributed by atoms with van der Waals surface area (Å²) >= 11 is 0. The van der Waals surface area contributed by atoms with E-state index in [9.17, 15) is 19.0 Å². The molecule has 9 nitrogen and oxygen atoms in total. The smallest absolute Gasteiger partial charge is 0.456 e. The highest BCUT2D eigenvalue weighted by Crippen LogP contribution is 2.43. The average molecular weight is 1100 g/mol. The second-order valence-electron chi connectivity index (χ2n) is 23.3. The van der Waals surface area contributed by atoms with Crippen molar-refractivity contribution in [1.29, 1.82) is 0 Å². The van der Waals surface area contributed by atoms with E-state index in [2.05, 4.69) is 74.7 Å². The van der Waals surface area contributed by atoms with Crippen LogP contribution in [0.2, 0.25) is 0 Å². The van der Waals surface area contributed by atoms with Crippen LogP contribution in [-0.2, 0) is 27.9 Å². The van der Waals surface area contributed by atoms with E-state index in [1.54, 1.807) is 0 Å². The molecule has 0 radical (unpaired) electrons. The van der Waals surface area contributed by atoms with Crippen LogP contribution in [0.5, 0.6) is 0 Å². The van der Waals surface area contributed by atoms with Crippen LogP contribution in [0.3, 0.4) is 0 Å². The van der Waals surface area contributed by atoms with Gasteiger partial charge in [0.1, 0.15) is 19.3 Å². The fourth-order valence-corrected chi connectivity index (χ4v) is 10.2. The third kappa shape index (κ3) is 58.2. The first kappa shape index (κ1) is 74.7. The molecule has 0 heterocycles. The van der Waals surface area contributed by atoms with Gasteiger partial charge in [0.15, 0.2) is 0 Å². The highest BCUT2D eigenvalue weighted by atomic mass is 31.2. The van der Waals surface area contributed by atoms with Crippen molar-refractivity contribution < 1.29 is 37.3 Å². The number of nitrogens with zero attached hydrogens (tertiary/aromatic N) is 1. The number of carbonyl (C=O) groups is 2. The molecule has 0 spiro atoms. The molecular formula is C67H126N2O7P+. The third-order valence-electron chi connectivity index (χ3n) is 14.5. The number of hydrogen-bond donors (Lipinski definition) is 2. The quantitative estimate of drug-likeness (QED) is 0.0156. The molecule has 0 rings (SSSR count). The predicted molar refractivity (Wildman–Crippen MR) is 332 cm³/mol. The lowest BCUT2D eigenvalue weighted by Crippen LogP contribution is -2.47. The first-order valence-corrected chi connectivity index (χ1v) is 34.1. The fourth-order valence-electron chi connectivity index (χ4n) is 9.47. The van der Waals surface area contributed by atoms with E-state index >= 15 is 0 Å². The Kier molecular flexibility index (Phi) is 55.3. The van der Waals surface area contributed by atoms with Gasteiger partial charge in [0.2, 0.25) is 5.91 Å². The topological polar surface area (TPSA) is 111 Å². The maximum absolute atomic E-state index is 13.5. The lowest BCUT2D eigenvalue weighted by molar-refractivity contribution is -0.870. The SMILES string of the molecule is CC/C=C/C=C/C=C/CCCCCCCCCC(=O)NC(COP(=O)(O)OCC[N+](C)(C)C)C(/C=C\CCCCCCCCCCCCC)OC(=O)CCCCCCCCCCCCCCC/C=C/CCCCCCCC. The van der Waals surface area contributed by atoms with Gasteiger partial charge in [-0.05, 0) is 76.7 Å². The van der Waals surface area contributed by atoms with Crippen molar-refractivity contribution >= 4 is 19.7 Å². The van der Waals surface area contributed by atoms with Crippen LogP contribution in [0.25, 0.3) is 0 Å². The van der Waals surface area contributed by atoms with Gasteiger partial charge in [-0.1, -0.05) is 275 Å². The van der Waals surface area contributed by atoms with Crippen molar-refractivity contribution in [3.63, 3.8) is 0 Å². The normalized spacial score (nSPS) is 14.0. The number of unbranched alkanes of at least 4 members (excludes halogenated alkanes) is 37. The summed E-state index contributed by atoms with van der Waals surface area (Å²) in [6.07, 6.45) is 72.2. The predicted octanol–water partition coefficient (Wildman–Crippen LogP) is 20.2. The summed E-state index contributed by atoms with van der Waals surface area (Å²) in [5, 5.41) is 3.06. The van der Waals surface area contributed by atoms with Gasteiger partial charge >= 0.3 is 13.8 Å². The highest BCUT2D eigenvalue weighted by molar-refractivity contribution is 7.47. The van der Waals surface area contributed by atoms with Crippen LogP contribution in [0.4, 0.5) is 0 Å². The number of nitrogens with one attached hydrogen (secondary N) is 1. The number of hydrogen-bond acceptors (Lipinski definition) is 6. The Balaban J connectivity index is 5.16. The Morgan fingerprint density at radius 2 is 0.844 bits per heavy atom. The first-order chi connectivity index (χ1) is 37.4. The number of phosphoric ester groups is 1. The number of esters is 1. The molecule has 0 aromatic heterocycles. The van der Waals surface area contributed by atoms with Crippen molar-refractivity contribution in [2.45, 2.75) is 315 Å². The van der Waals surface area contributed by atoms with Crippen molar-refractivity contribution in [2.24, 2.45) is 0 Å². The van der Waals surface area contributed by atoms with E-state index in [0.29, 0.717) is 17.4 Å². The monoisotopic (exact) mass is 1100 g/mol. The number of amides is 1. The molecule has 0 bridgehead atoms. The van der Waals surface area contributed by atoms with E-state index in [-0.39, 0.29) is 31.5 Å². The molecule has 450 valence electrons. The maximum atomic E-state index is 13.5. The second-order valence-corrected chi connectivity index (χ2v) is 24.8. The molecule has 2 N–H and O–H groups in total. The standard InChI is InChI=1S/C67H125N2O7P/c1-7-10-13-16-19-22-25-28-30-31-32-33-34-35-36-37-39-42-45-48-51-54-57-60-67(71)76-65(58-55-52-49-46-43-40-27-24-21-18-15-12-9-3)64(63-75-77(72,73)74-62-61-69(4,5)6)68-66(70)59-56-53-50-47-44-41-38-29-26-23-20-17-14-11-8-2/h11,14,17,20,23,26,28,30,55,58,64-65H,7-10,12-13,15-16,18-19,21-22,24-25,27,29,31-54,56-57,59-63H2,1-6H3,(H-,68,70,72,73)/p+1/b14-11+,20-17+,26-23+,30-28+,58-55-.